The van der Waals surface area contributed by atoms with Crippen molar-refractivity contribution in [2.24, 2.45) is 0 Å². The third kappa shape index (κ3) is 5.75. The standard InChI is InChI=1S/C17H19FN2O/c18-16-8-6-14(7-9-16)10-11-20-17(21)13-19-12-15-4-2-1-3-5-15/h1-9,19H,10-13H2,(H,20,21). The van der Waals surface area contributed by atoms with E-state index >= 15 is 0 Å². The van der Waals surface area contributed by atoms with Crippen molar-refractivity contribution in [3.63, 3.8) is 0 Å². The summed E-state index contributed by atoms with van der Waals surface area (Å²) in [4.78, 5) is 11.6. The summed E-state index contributed by atoms with van der Waals surface area (Å²) in [5.41, 5.74) is 2.16. The molecule has 0 radical (unpaired) electrons. The Morgan fingerprint density at radius 2 is 1.67 bits per heavy atom. The highest BCUT2D eigenvalue weighted by molar-refractivity contribution is 5.77. The smallest absolute Gasteiger partial charge is 0.233 e. The molecule has 0 aliphatic heterocycles. The van der Waals surface area contributed by atoms with Crippen molar-refractivity contribution in [1.29, 1.82) is 0 Å². The Bertz CT molecular complexity index is 555. The summed E-state index contributed by atoms with van der Waals surface area (Å²) in [7, 11) is 0. The van der Waals surface area contributed by atoms with E-state index in [-0.39, 0.29) is 18.3 Å². The number of halogens is 1. The molecule has 0 saturated heterocycles. The number of carbonyl (C=O) groups is 1. The number of nitrogens with one attached hydrogen (secondary N) is 2. The van der Waals surface area contributed by atoms with Gasteiger partial charge in [-0.1, -0.05) is 42.5 Å². The first-order valence-electron chi connectivity index (χ1n) is 7.00. The maximum Gasteiger partial charge on any atom is 0.233 e. The van der Waals surface area contributed by atoms with Crippen molar-refractivity contribution in [3.8, 4) is 0 Å². The highest BCUT2D eigenvalue weighted by Gasteiger charge is 2.01. The van der Waals surface area contributed by atoms with Crippen molar-refractivity contribution in [1.82, 2.24) is 10.6 Å². The maximum atomic E-state index is 12.7. The second kappa shape index (κ2) is 8.17. The van der Waals surface area contributed by atoms with Crippen LogP contribution >= 0.6 is 0 Å². The zero-order chi connectivity index (χ0) is 14.9. The molecule has 3 nitrogen and oxygen atoms in total. The van der Waals surface area contributed by atoms with Gasteiger partial charge in [0.1, 0.15) is 5.82 Å². The molecule has 0 saturated carbocycles. The molecule has 0 aliphatic rings. The van der Waals surface area contributed by atoms with E-state index in [0.717, 1.165) is 11.1 Å². The molecule has 0 fully saturated rings. The molecule has 0 spiro atoms. The van der Waals surface area contributed by atoms with Gasteiger partial charge >= 0.3 is 0 Å². The molecule has 4 heteroatoms. The van der Waals surface area contributed by atoms with Crippen LogP contribution < -0.4 is 10.6 Å². The van der Waals surface area contributed by atoms with E-state index in [4.69, 9.17) is 0 Å². The third-order valence-corrected chi connectivity index (χ3v) is 3.11. The van der Waals surface area contributed by atoms with Gasteiger partial charge in [0, 0.05) is 13.1 Å². The summed E-state index contributed by atoms with van der Waals surface area (Å²) in [5.74, 6) is -0.277. The van der Waals surface area contributed by atoms with E-state index in [1.54, 1.807) is 12.1 Å². The molecule has 0 atom stereocenters. The van der Waals surface area contributed by atoms with Gasteiger partial charge in [-0.25, -0.2) is 4.39 Å². The molecule has 0 bridgehead atoms. The number of carbonyl (C=O) groups excluding carboxylic acids is 1. The van der Waals surface area contributed by atoms with Crippen LogP contribution in [0.1, 0.15) is 11.1 Å². The highest BCUT2D eigenvalue weighted by Crippen LogP contribution is 2.02. The molecule has 2 N–H and O–H groups in total. The van der Waals surface area contributed by atoms with Crippen molar-refractivity contribution in [2.45, 2.75) is 13.0 Å². The monoisotopic (exact) mass is 286 g/mol. The quantitative estimate of drug-likeness (QED) is 0.820. The Morgan fingerprint density at radius 1 is 0.952 bits per heavy atom. The van der Waals surface area contributed by atoms with Crippen LogP contribution in [0.5, 0.6) is 0 Å². The fourth-order valence-corrected chi connectivity index (χ4v) is 1.98. The fraction of sp³-hybridized carbons (Fsp3) is 0.235. The van der Waals surface area contributed by atoms with Gasteiger partial charge in [-0.05, 0) is 29.7 Å². The Kier molecular flexibility index (Phi) is 5.91. The predicted molar refractivity (Wildman–Crippen MR) is 81.3 cm³/mol. The van der Waals surface area contributed by atoms with Crippen molar-refractivity contribution < 1.29 is 9.18 Å². The minimum absolute atomic E-state index is 0.0342. The molecular weight excluding hydrogens is 267 g/mol. The number of benzene rings is 2. The molecule has 0 aromatic heterocycles. The summed E-state index contributed by atoms with van der Waals surface area (Å²) >= 11 is 0. The largest absolute Gasteiger partial charge is 0.355 e. The molecule has 2 aromatic rings. The number of hydrogen-bond acceptors (Lipinski definition) is 2. The first-order chi connectivity index (χ1) is 10.2. The third-order valence-electron chi connectivity index (χ3n) is 3.11. The Hall–Kier alpha value is -2.20. The Morgan fingerprint density at radius 3 is 2.38 bits per heavy atom. The number of rotatable bonds is 7. The average molecular weight is 286 g/mol. The predicted octanol–water partition coefficient (Wildman–Crippen LogP) is 2.27. The normalized spacial score (nSPS) is 10.3. The van der Waals surface area contributed by atoms with Crippen molar-refractivity contribution in [3.05, 3.63) is 71.5 Å². The van der Waals surface area contributed by atoms with E-state index in [0.29, 0.717) is 19.5 Å². The van der Waals surface area contributed by atoms with Gasteiger partial charge in [-0.2, -0.15) is 0 Å². The van der Waals surface area contributed by atoms with E-state index in [1.807, 2.05) is 30.3 Å². The summed E-state index contributed by atoms with van der Waals surface area (Å²) in [6.07, 6.45) is 0.699. The van der Waals surface area contributed by atoms with Crippen LogP contribution in [0, 0.1) is 5.82 Å². The van der Waals surface area contributed by atoms with Gasteiger partial charge in [-0.15, -0.1) is 0 Å². The summed E-state index contributed by atoms with van der Waals surface area (Å²) in [6.45, 7) is 1.52. The van der Waals surface area contributed by atoms with Crippen molar-refractivity contribution in [2.75, 3.05) is 13.1 Å². The van der Waals surface area contributed by atoms with Crippen LogP contribution in [0.25, 0.3) is 0 Å². The molecule has 21 heavy (non-hydrogen) atoms. The van der Waals surface area contributed by atoms with Crippen LogP contribution in [0.3, 0.4) is 0 Å². The van der Waals surface area contributed by atoms with E-state index in [9.17, 15) is 9.18 Å². The van der Waals surface area contributed by atoms with Gasteiger partial charge in [0.05, 0.1) is 6.54 Å². The maximum absolute atomic E-state index is 12.7. The zero-order valence-electron chi connectivity index (χ0n) is 11.8. The second-order valence-corrected chi connectivity index (χ2v) is 4.82. The summed E-state index contributed by atoms with van der Waals surface area (Å²) < 4.78 is 12.7. The van der Waals surface area contributed by atoms with Crippen LogP contribution in [-0.2, 0) is 17.8 Å². The lowest BCUT2D eigenvalue weighted by Crippen LogP contribution is -2.34. The van der Waals surface area contributed by atoms with E-state index in [1.165, 1.54) is 12.1 Å². The zero-order valence-corrected chi connectivity index (χ0v) is 11.8. The molecule has 2 rings (SSSR count). The highest BCUT2D eigenvalue weighted by atomic mass is 19.1. The second-order valence-electron chi connectivity index (χ2n) is 4.82. The molecule has 1 amide bonds. The summed E-state index contributed by atoms with van der Waals surface area (Å²) in [5, 5.41) is 5.93. The van der Waals surface area contributed by atoms with Crippen molar-refractivity contribution >= 4 is 5.91 Å². The number of amides is 1. The SMILES string of the molecule is O=C(CNCc1ccccc1)NCCc1ccc(F)cc1. The van der Waals surface area contributed by atoms with Gasteiger partial charge < -0.3 is 10.6 Å². The lowest BCUT2D eigenvalue weighted by atomic mass is 10.1. The number of hydrogen-bond donors (Lipinski definition) is 2. The van der Waals surface area contributed by atoms with E-state index < -0.39 is 0 Å². The Balaban J connectivity index is 1.60. The van der Waals surface area contributed by atoms with Crippen LogP contribution in [0.15, 0.2) is 54.6 Å². The van der Waals surface area contributed by atoms with Crippen LogP contribution in [0.4, 0.5) is 4.39 Å². The lowest BCUT2D eigenvalue weighted by Gasteiger charge is -2.07. The molecule has 110 valence electrons. The van der Waals surface area contributed by atoms with Gasteiger partial charge in [0.15, 0.2) is 0 Å². The molecular formula is C17H19FN2O. The van der Waals surface area contributed by atoms with E-state index in [2.05, 4.69) is 10.6 Å². The fourth-order valence-electron chi connectivity index (χ4n) is 1.98. The molecule has 0 aliphatic carbocycles. The first kappa shape index (κ1) is 15.2. The topological polar surface area (TPSA) is 41.1 Å². The minimum Gasteiger partial charge on any atom is -0.355 e. The Labute approximate surface area is 124 Å². The van der Waals surface area contributed by atoms with Gasteiger partial charge in [-0.3, -0.25) is 4.79 Å². The average Bonchev–Trinajstić information content (AvgIpc) is 2.50. The van der Waals surface area contributed by atoms with Crippen LogP contribution in [-0.4, -0.2) is 19.0 Å². The first-order valence-corrected chi connectivity index (χ1v) is 7.00. The lowest BCUT2D eigenvalue weighted by molar-refractivity contribution is -0.120. The molecule has 2 aromatic carbocycles. The minimum atomic E-state index is -0.243. The van der Waals surface area contributed by atoms with Gasteiger partial charge in [0.25, 0.3) is 0 Å². The molecule has 0 heterocycles. The van der Waals surface area contributed by atoms with Crippen LogP contribution in [0.2, 0.25) is 0 Å². The van der Waals surface area contributed by atoms with Gasteiger partial charge in [0.2, 0.25) is 5.91 Å². The molecule has 0 unspecified atom stereocenters. The summed E-state index contributed by atoms with van der Waals surface area (Å²) in [6, 6.07) is 16.3.